The summed E-state index contributed by atoms with van der Waals surface area (Å²) in [7, 11) is 1.76. The van der Waals surface area contributed by atoms with Gasteiger partial charge in [0.25, 0.3) is 0 Å². The number of aliphatic hydroxyl groups is 1. The van der Waals surface area contributed by atoms with E-state index in [1.165, 1.54) is 6.07 Å². The molecule has 2 fully saturated rings. The Labute approximate surface area is 160 Å². The smallest absolute Gasteiger partial charge is 0.227 e. The highest BCUT2D eigenvalue weighted by Gasteiger charge is 2.34. The Morgan fingerprint density at radius 3 is 2.74 bits per heavy atom. The fourth-order valence-electron chi connectivity index (χ4n) is 4.18. The number of hydrogen-bond donors (Lipinski definition) is 1. The second-order valence-electron chi connectivity index (χ2n) is 8.04. The Morgan fingerprint density at radius 1 is 1.33 bits per heavy atom. The standard InChI is InChI=1S/C21H29FN2O3/c1-23(13-12-21(27)10-4-5-11-21)20(26)17-8-9-19(25)24(15-17)14-16-6-2-3-7-18(16)22/h2-3,6-7,17,27H,4-5,8-15H2,1H3/t17-/m1/s1. The minimum atomic E-state index is -0.631. The Hall–Kier alpha value is -1.95. The molecule has 148 valence electrons. The second kappa shape index (κ2) is 8.38. The molecule has 3 rings (SSSR count). The van der Waals surface area contributed by atoms with Gasteiger partial charge >= 0.3 is 0 Å². The number of likely N-dealkylation sites (tertiary alicyclic amines) is 1. The van der Waals surface area contributed by atoms with Gasteiger partial charge in [0.2, 0.25) is 11.8 Å². The topological polar surface area (TPSA) is 60.9 Å². The number of rotatable bonds is 6. The SMILES string of the molecule is CN(CCC1(O)CCCC1)C(=O)[C@@H]1CCC(=O)N(Cc2ccccc2F)C1. The van der Waals surface area contributed by atoms with Crippen LogP contribution in [0.15, 0.2) is 24.3 Å². The van der Waals surface area contributed by atoms with E-state index in [9.17, 15) is 19.1 Å². The van der Waals surface area contributed by atoms with E-state index in [4.69, 9.17) is 0 Å². The maximum Gasteiger partial charge on any atom is 0.227 e. The Morgan fingerprint density at radius 2 is 2.04 bits per heavy atom. The van der Waals surface area contributed by atoms with Gasteiger partial charge in [-0.1, -0.05) is 31.0 Å². The van der Waals surface area contributed by atoms with Crippen molar-refractivity contribution in [2.75, 3.05) is 20.1 Å². The third kappa shape index (κ3) is 4.86. The number of piperidine rings is 1. The molecule has 0 bridgehead atoms. The summed E-state index contributed by atoms with van der Waals surface area (Å²) in [6, 6.07) is 6.42. The monoisotopic (exact) mass is 376 g/mol. The lowest BCUT2D eigenvalue weighted by molar-refractivity contribution is -0.143. The van der Waals surface area contributed by atoms with Crippen LogP contribution in [-0.4, -0.2) is 52.5 Å². The van der Waals surface area contributed by atoms with Crippen molar-refractivity contribution in [1.29, 1.82) is 0 Å². The summed E-state index contributed by atoms with van der Waals surface area (Å²) in [5.41, 5.74) is -0.163. The molecule has 2 amide bonds. The lowest BCUT2D eigenvalue weighted by atomic mass is 9.94. The van der Waals surface area contributed by atoms with Gasteiger partial charge in [0.15, 0.2) is 0 Å². The number of nitrogens with zero attached hydrogens (tertiary/aromatic N) is 2. The van der Waals surface area contributed by atoms with Gasteiger partial charge in [0, 0.05) is 38.7 Å². The molecule has 1 saturated heterocycles. The van der Waals surface area contributed by atoms with Gasteiger partial charge in [0.05, 0.1) is 11.5 Å². The normalized spacial score (nSPS) is 22.1. The van der Waals surface area contributed by atoms with Crippen LogP contribution < -0.4 is 0 Å². The second-order valence-corrected chi connectivity index (χ2v) is 8.04. The van der Waals surface area contributed by atoms with Crippen molar-refractivity contribution < 1.29 is 19.1 Å². The quantitative estimate of drug-likeness (QED) is 0.830. The maximum atomic E-state index is 13.9. The number of carbonyl (C=O) groups excluding carboxylic acids is 2. The summed E-state index contributed by atoms with van der Waals surface area (Å²) >= 11 is 0. The van der Waals surface area contributed by atoms with Crippen LogP contribution in [0.5, 0.6) is 0 Å². The van der Waals surface area contributed by atoms with E-state index in [1.807, 2.05) is 0 Å². The Bertz CT molecular complexity index is 688. The van der Waals surface area contributed by atoms with Crippen LogP contribution >= 0.6 is 0 Å². The molecular formula is C21H29FN2O3. The van der Waals surface area contributed by atoms with E-state index in [0.29, 0.717) is 37.9 Å². The summed E-state index contributed by atoms with van der Waals surface area (Å²) in [5, 5.41) is 10.5. The first-order valence-electron chi connectivity index (χ1n) is 9.86. The molecule has 1 saturated carbocycles. The number of benzene rings is 1. The van der Waals surface area contributed by atoms with E-state index in [-0.39, 0.29) is 30.1 Å². The molecule has 6 heteroatoms. The first-order chi connectivity index (χ1) is 12.9. The van der Waals surface area contributed by atoms with Crippen LogP contribution in [0.2, 0.25) is 0 Å². The van der Waals surface area contributed by atoms with E-state index in [0.717, 1.165) is 25.7 Å². The van der Waals surface area contributed by atoms with E-state index >= 15 is 0 Å². The minimum absolute atomic E-state index is 0.00244. The van der Waals surface area contributed by atoms with Crippen LogP contribution in [0.3, 0.4) is 0 Å². The van der Waals surface area contributed by atoms with Gasteiger partial charge in [-0.15, -0.1) is 0 Å². The molecule has 0 unspecified atom stereocenters. The summed E-state index contributed by atoms with van der Waals surface area (Å²) in [5.74, 6) is -0.633. The molecular weight excluding hydrogens is 347 g/mol. The maximum absolute atomic E-state index is 13.9. The lowest BCUT2D eigenvalue weighted by Gasteiger charge is -2.34. The van der Waals surface area contributed by atoms with Gasteiger partial charge in [-0.25, -0.2) is 4.39 Å². The third-order valence-corrected chi connectivity index (χ3v) is 5.99. The first kappa shape index (κ1) is 19.8. The molecule has 5 nitrogen and oxygen atoms in total. The van der Waals surface area contributed by atoms with Gasteiger partial charge in [-0.05, 0) is 31.7 Å². The van der Waals surface area contributed by atoms with Crippen LogP contribution in [0.1, 0.15) is 50.5 Å². The van der Waals surface area contributed by atoms with E-state index < -0.39 is 5.60 Å². The molecule has 1 aliphatic carbocycles. The number of hydrogen-bond acceptors (Lipinski definition) is 3. The zero-order valence-electron chi connectivity index (χ0n) is 16.0. The van der Waals surface area contributed by atoms with Crippen LogP contribution in [0, 0.1) is 11.7 Å². The largest absolute Gasteiger partial charge is 0.390 e. The summed E-state index contributed by atoms with van der Waals surface area (Å²) in [6.45, 7) is 1.03. The van der Waals surface area contributed by atoms with Crippen LogP contribution in [0.4, 0.5) is 4.39 Å². The zero-order valence-corrected chi connectivity index (χ0v) is 16.0. The van der Waals surface area contributed by atoms with Crippen molar-refractivity contribution in [3.63, 3.8) is 0 Å². The summed E-state index contributed by atoms with van der Waals surface area (Å²) in [6.07, 6.45) is 5.14. The molecule has 1 N–H and O–H groups in total. The van der Waals surface area contributed by atoms with Gasteiger partial charge in [0.1, 0.15) is 5.82 Å². The van der Waals surface area contributed by atoms with Crippen molar-refractivity contribution in [1.82, 2.24) is 9.80 Å². The van der Waals surface area contributed by atoms with Crippen molar-refractivity contribution in [2.24, 2.45) is 5.92 Å². The Balaban J connectivity index is 1.56. The molecule has 2 aliphatic rings. The first-order valence-corrected chi connectivity index (χ1v) is 9.86. The van der Waals surface area contributed by atoms with Crippen molar-refractivity contribution in [3.05, 3.63) is 35.6 Å². The molecule has 0 spiro atoms. The fraction of sp³-hybridized carbons (Fsp3) is 0.619. The van der Waals surface area contributed by atoms with Crippen LogP contribution in [0.25, 0.3) is 0 Å². The predicted molar refractivity (Wildman–Crippen MR) is 100 cm³/mol. The molecule has 1 aromatic rings. The molecule has 1 heterocycles. The van der Waals surface area contributed by atoms with Gasteiger partial charge in [-0.3, -0.25) is 9.59 Å². The predicted octanol–water partition coefficient (Wildman–Crippen LogP) is 2.72. The third-order valence-electron chi connectivity index (χ3n) is 5.99. The number of carbonyl (C=O) groups is 2. The molecule has 1 aliphatic heterocycles. The highest BCUT2D eigenvalue weighted by atomic mass is 19.1. The summed E-state index contributed by atoms with van der Waals surface area (Å²) in [4.78, 5) is 28.3. The molecule has 1 aromatic carbocycles. The van der Waals surface area contributed by atoms with Gasteiger partial charge < -0.3 is 14.9 Å². The van der Waals surface area contributed by atoms with E-state index in [1.54, 1.807) is 35.0 Å². The number of amides is 2. The van der Waals surface area contributed by atoms with Crippen LogP contribution in [-0.2, 0) is 16.1 Å². The number of halogens is 1. The Kier molecular flexibility index (Phi) is 6.15. The average Bonchev–Trinajstić information content (AvgIpc) is 3.09. The minimum Gasteiger partial charge on any atom is -0.390 e. The van der Waals surface area contributed by atoms with E-state index in [2.05, 4.69) is 0 Å². The van der Waals surface area contributed by atoms with Crippen molar-refractivity contribution >= 4 is 11.8 Å². The fourth-order valence-corrected chi connectivity index (χ4v) is 4.18. The zero-order chi connectivity index (χ0) is 19.4. The summed E-state index contributed by atoms with van der Waals surface area (Å²) < 4.78 is 13.9. The molecule has 0 radical (unpaired) electrons. The highest BCUT2D eigenvalue weighted by Crippen LogP contribution is 2.32. The van der Waals surface area contributed by atoms with Gasteiger partial charge in [-0.2, -0.15) is 0 Å². The van der Waals surface area contributed by atoms with Crippen molar-refractivity contribution in [2.45, 2.75) is 57.1 Å². The molecule has 27 heavy (non-hydrogen) atoms. The lowest BCUT2D eigenvalue weighted by Crippen LogP contribution is -2.46. The van der Waals surface area contributed by atoms with Crippen molar-refractivity contribution in [3.8, 4) is 0 Å². The highest BCUT2D eigenvalue weighted by molar-refractivity contribution is 5.83. The average molecular weight is 376 g/mol. The molecule has 1 atom stereocenters. The molecule has 0 aromatic heterocycles.